The first-order chi connectivity index (χ1) is 15.9. The van der Waals surface area contributed by atoms with E-state index in [1.54, 1.807) is 20.1 Å². The third-order valence-electron chi connectivity index (χ3n) is 5.59. The Morgan fingerprint density at radius 2 is 1.55 bits per heavy atom. The molecule has 1 heterocycles. The molecule has 0 amide bonds. The summed E-state index contributed by atoms with van der Waals surface area (Å²) in [4.78, 5) is 12.3. The molecule has 1 fully saturated rings. The minimum Gasteiger partial charge on any atom is -0.497 e. The van der Waals surface area contributed by atoms with E-state index in [2.05, 4.69) is 32.0 Å². The molecule has 3 aromatic rings. The maximum atomic E-state index is 12.3. The summed E-state index contributed by atoms with van der Waals surface area (Å²) < 4.78 is 22.8. The molecule has 0 aromatic heterocycles. The summed E-state index contributed by atoms with van der Waals surface area (Å²) in [6.45, 7) is 7.64. The van der Waals surface area contributed by atoms with E-state index in [4.69, 9.17) is 18.8 Å². The van der Waals surface area contributed by atoms with Crippen LogP contribution < -0.4 is 10.2 Å². The summed E-state index contributed by atoms with van der Waals surface area (Å²) in [6, 6.07) is 21.7. The molecule has 0 spiro atoms. The first-order valence-corrected chi connectivity index (χ1v) is 11.2. The summed E-state index contributed by atoms with van der Waals surface area (Å²) in [5, 5.41) is 0. The van der Waals surface area contributed by atoms with Crippen molar-refractivity contribution in [2.24, 2.45) is 5.41 Å². The lowest BCUT2D eigenvalue weighted by molar-refractivity contribution is 0.0343. The van der Waals surface area contributed by atoms with E-state index in [-0.39, 0.29) is 11.4 Å². The van der Waals surface area contributed by atoms with Crippen molar-refractivity contribution in [2.75, 3.05) is 26.9 Å². The number of hydrogen-bond donors (Lipinski definition) is 0. The van der Waals surface area contributed by atoms with Crippen LogP contribution in [-0.4, -0.2) is 40.0 Å². The average Bonchev–Trinajstić information content (AvgIpc) is 2.84. The van der Waals surface area contributed by atoms with Crippen LogP contribution in [0.1, 0.15) is 31.1 Å². The van der Waals surface area contributed by atoms with Crippen molar-refractivity contribution >= 4 is 18.6 Å². The van der Waals surface area contributed by atoms with Crippen LogP contribution in [0.4, 0.5) is 0 Å². The summed E-state index contributed by atoms with van der Waals surface area (Å²) in [7, 11) is 1.21. The van der Waals surface area contributed by atoms with Gasteiger partial charge in [-0.05, 0) is 65.0 Å². The van der Waals surface area contributed by atoms with Crippen LogP contribution in [-0.2, 0) is 14.0 Å². The Morgan fingerprint density at radius 3 is 2.18 bits per heavy atom. The second-order valence-corrected chi connectivity index (χ2v) is 9.00. The van der Waals surface area contributed by atoms with Gasteiger partial charge in [-0.15, -0.1) is 0 Å². The van der Waals surface area contributed by atoms with Crippen LogP contribution in [0.25, 0.3) is 22.3 Å². The molecule has 6 heteroatoms. The minimum atomic E-state index is -0.449. The van der Waals surface area contributed by atoms with Crippen molar-refractivity contribution < 1.29 is 23.6 Å². The zero-order valence-electron chi connectivity index (χ0n) is 19.6. The van der Waals surface area contributed by atoms with Gasteiger partial charge >= 0.3 is 13.1 Å². The first-order valence-electron chi connectivity index (χ1n) is 11.2. The molecule has 1 saturated heterocycles. The number of ether oxygens (including phenoxy) is 2. The molecule has 33 heavy (non-hydrogen) atoms. The van der Waals surface area contributed by atoms with E-state index in [9.17, 15) is 4.79 Å². The Hall–Kier alpha value is -3.09. The summed E-state index contributed by atoms with van der Waals surface area (Å²) in [6.07, 6.45) is 0. The normalized spacial score (nSPS) is 15.2. The van der Waals surface area contributed by atoms with Gasteiger partial charge in [0.25, 0.3) is 0 Å². The topological polar surface area (TPSA) is 54.0 Å². The largest absolute Gasteiger partial charge is 0.497 e. The highest BCUT2D eigenvalue weighted by molar-refractivity contribution is 6.61. The number of esters is 1. The predicted molar refractivity (Wildman–Crippen MR) is 131 cm³/mol. The maximum absolute atomic E-state index is 12.3. The van der Waals surface area contributed by atoms with E-state index in [1.807, 2.05) is 42.5 Å². The fraction of sp³-hybridized carbons (Fsp3) is 0.296. The first kappa shape index (κ1) is 23.1. The van der Waals surface area contributed by atoms with Crippen LogP contribution in [0.3, 0.4) is 0 Å². The number of methoxy groups -OCH3 is 1. The molecule has 0 N–H and O–H groups in total. The van der Waals surface area contributed by atoms with E-state index in [1.165, 1.54) is 0 Å². The quantitative estimate of drug-likeness (QED) is 0.397. The monoisotopic (exact) mass is 444 g/mol. The van der Waals surface area contributed by atoms with Crippen molar-refractivity contribution in [1.82, 2.24) is 0 Å². The third-order valence-corrected chi connectivity index (χ3v) is 5.59. The van der Waals surface area contributed by atoms with Crippen molar-refractivity contribution in [1.29, 1.82) is 0 Å². The number of hydrogen-bond acceptors (Lipinski definition) is 5. The van der Waals surface area contributed by atoms with E-state index in [0.29, 0.717) is 25.4 Å². The molecule has 0 radical (unpaired) electrons. The summed E-state index contributed by atoms with van der Waals surface area (Å²) in [5.74, 6) is 0.459. The molecule has 0 saturated carbocycles. The molecular weight excluding hydrogens is 415 g/mol. The zero-order chi connectivity index (χ0) is 23.4. The molecule has 1 aliphatic rings. The van der Waals surface area contributed by atoms with Gasteiger partial charge in [0.2, 0.25) is 0 Å². The lowest BCUT2D eigenvalue weighted by atomic mass is 9.74. The molecule has 1 aliphatic heterocycles. The fourth-order valence-corrected chi connectivity index (χ4v) is 3.85. The van der Waals surface area contributed by atoms with Gasteiger partial charge in [0.1, 0.15) is 5.75 Å². The Labute approximate surface area is 195 Å². The molecule has 0 unspecified atom stereocenters. The van der Waals surface area contributed by atoms with Gasteiger partial charge in [-0.25, -0.2) is 4.79 Å². The molecule has 4 rings (SSSR count). The molecular formula is C27H29BO5. The van der Waals surface area contributed by atoms with Gasteiger partial charge in [0.05, 0.1) is 19.3 Å². The highest BCUT2D eigenvalue weighted by Crippen LogP contribution is 2.30. The SMILES string of the molecule is CCOC(=O)c1cccc(-c2cc(B3OCC(C)(C)CO3)cc(-c3cccc(OC)c3)c2)c1. The Balaban J connectivity index is 1.78. The molecule has 3 aromatic carbocycles. The number of carbonyl (C=O) groups is 1. The Kier molecular flexibility index (Phi) is 6.87. The summed E-state index contributed by atoms with van der Waals surface area (Å²) in [5.41, 5.74) is 5.36. The predicted octanol–water partition coefficient (Wildman–Crippen LogP) is 4.97. The van der Waals surface area contributed by atoms with Crippen LogP contribution in [0.2, 0.25) is 0 Å². The van der Waals surface area contributed by atoms with Crippen LogP contribution in [0, 0.1) is 5.41 Å². The minimum absolute atomic E-state index is 0.0162. The van der Waals surface area contributed by atoms with Gasteiger partial charge in [-0.2, -0.15) is 0 Å². The lowest BCUT2D eigenvalue weighted by Crippen LogP contribution is -2.47. The van der Waals surface area contributed by atoms with Crippen LogP contribution >= 0.6 is 0 Å². The summed E-state index contributed by atoms with van der Waals surface area (Å²) >= 11 is 0. The Morgan fingerprint density at radius 1 is 0.909 bits per heavy atom. The van der Waals surface area contributed by atoms with Gasteiger partial charge in [0.15, 0.2) is 0 Å². The molecule has 0 aliphatic carbocycles. The Bertz CT molecular complexity index is 1130. The van der Waals surface area contributed by atoms with Crippen molar-refractivity contribution in [3.8, 4) is 28.0 Å². The molecule has 0 bridgehead atoms. The number of benzene rings is 3. The fourth-order valence-electron chi connectivity index (χ4n) is 3.85. The second-order valence-electron chi connectivity index (χ2n) is 9.00. The van der Waals surface area contributed by atoms with Gasteiger partial charge < -0.3 is 18.8 Å². The number of rotatable bonds is 6. The molecule has 0 atom stereocenters. The van der Waals surface area contributed by atoms with Gasteiger partial charge in [-0.1, -0.05) is 50.2 Å². The van der Waals surface area contributed by atoms with Gasteiger partial charge in [-0.3, -0.25) is 0 Å². The smallest absolute Gasteiger partial charge is 0.493 e. The van der Waals surface area contributed by atoms with Crippen molar-refractivity contribution in [2.45, 2.75) is 20.8 Å². The zero-order valence-corrected chi connectivity index (χ0v) is 19.6. The second kappa shape index (κ2) is 9.81. The van der Waals surface area contributed by atoms with Crippen LogP contribution in [0.15, 0.2) is 66.7 Å². The van der Waals surface area contributed by atoms with E-state index in [0.717, 1.165) is 33.5 Å². The van der Waals surface area contributed by atoms with E-state index < -0.39 is 7.12 Å². The third kappa shape index (κ3) is 5.46. The molecule has 170 valence electrons. The highest BCUT2D eigenvalue weighted by atomic mass is 16.6. The average molecular weight is 444 g/mol. The van der Waals surface area contributed by atoms with Crippen molar-refractivity contribution in [3.05, 3.63) is 72.3 Å². The lowest BCUT2D eigenvalue weighted by Gasteiger charge is -2.33. The molecule has 5 nitrogen and oxygen atoms in total. The standard InChI is InChI=1S/C27H29BO5/c1-5-31-26(29)21-10-6-8-19(12-21)22-13-23(20-9-7-11-25(16-20)30-4)15-24(14-22)28-32-17-27(2,3)18-33-28/h6-16H,5,17-18H2,1-4H3. The van der Waals surface area contributed by atoms with Crippen LogP contribution in [0.5, 0.6) is 5.75 Å². The van der Waals surface area contributed by atoms with Crippen molar-refractivity contribution in [3.63, 3.8) is 0 Å². The number of carbonyl (C=O) groups excluding carboxylic acids is 1. The van der Waals surface area contributed by atoms with Gasteiger partial charge in [0, 0.05) is 18.6 Å². The maximum Gasteiger partial charge on any atom is 0.493 e. The highest BCUT2D eigenvalue weighted by Gasteiger charge is 2.34. The van der Waals surface area contributed by atoms with E-state index >= 15 is 0 Å².